The molecule has 1 atom stereocenters. The van der Waals surface area contributed by atoms with Gasteiger partial charge in [0.15, 0.2) is 0 Å². The summed E-state index contributed by atoms with van der Waals surface area (Å²) in [6, 6.07) is 15.0. The molecular weight excluding hydrogens is 306 g/mol. The molecule has 126 valence electrons. The first-order chi connectivity index (χ1) is 11.5. The number of carboxylic acids is 1. The monoisotopic (exact) mass is 327 g/mol. The standard InChI is InChI=1S/C19H21NO4/c1-3-24-16-11-9-15(10-12-16)18(21)20(2)17(19(22)23)13-14-7-5-4-6-8-14/h4-12,17H,3,13H2,1-2H3,(H,22,23). The van der Waals surface area contributed by atoms with E-state index in [0.717, 1.165) is 5.56 Å². The predicted octanol–water partition coefficient (Wildman–Crippen LogP) is 2.85. The van der Waals surface area contributed by atoms with Gasteiger partial charge < -0.3 is 14.7 Å². The molecule has 0 aromatic heterocycles. The van der Waals surface area contributed by atoms with E-state index in [2.05, 4.69) is 0 Å². The molecule has 5 heteroatoms. The second kappa shape index (κ2) is 8.15. The highest BCUT2D eigenvalue weighted by Crippen LogP contribution is 2.16. The molecule has 1 unspecified atom stereocenters. The van der Waals surface area contributed by atoms with Gasteiger partial charge >= 0.3 is 5.97 Å². The quantitative estimate of drug-likeness (QED) is 0.849. The lowest BCUT2D eigenvalue weighted by Crippen LogP contribution is -2.43. The lowest BCUT2D eigenvalue weighted by Gasteiger charge is -2.25. The van der Waals surface area contributed by atoms with Crippen molar-refractivity contribution in [3.63, 3.8) is 0 Å². The summed E-state index contributed by atoms with van der Waals surface area (Å²) in [6.45, 7) is 2.43. The minimum Gasteiger partial charge on any atom is -0.494 e. The highest BCUT2D eigenvalue weighted by molar-refractivity contribution is 5.96. The van der Waals surface area contributed by atoms with Crippen LogP contribution >= 0.6 is 0 Å². The van der Waals surface area contributed by atoms with Crippen LogP contribution in [-0.2, 0) is 11.2 Å². The Kier molecular flexibility index (Phi) is 5.95. The maximum absolute atomic E-state index is 12.6. The van der Waals surface area contributed by atoms with Crippen LogP contribution in [-0.4, -0.2) is 41.6 Å². The van der Waals surface area contributed by atoms with Crippen molar-refractivity contribution in [3.8, 4) is 5.75 Å². The topological polar surface area (TPSA) is 66.8 Å². The smallest absolute Gasteiger partial charge is 0.326 e. The van der Waals surface area contributed by atoms with Gasteiger partial charge in [-0.05, 0) is 36.8 Å². The van der Waals surface area contributed by atoms with E-state index in [1.54, 1.807) is 24.3 Å². The Morgan fingerprint density at radius 2 is 1.71 bits per heavy atom. The van der Waals surface area contributed by atoms with Gasteiger partial charge in [0.1, 0.15) is 11.8 Å². The summed E-state index contributed by atoms with van der Waals surface area (Å²) in [5, 5.41) is 9.50. The molecule has 0 aliphatic rings. The molecule has 1 N–H and O–H groups in total. The number of nitrogens with zero attached hydrogens (tertiary/aromatic N) is 1. The van der Waals surface area contributed by atoms with Gasteiger partial charge in [-0.1, -0.05) is 30.3 Å². The number of rotatable bonds is 7. The van der Waals surface area contributed by atoms with Gasteiger partial charge in [-0.25, -0.2) is 4.79 Å². The van der Waals surface area contributed by atoms with Crippen LogP contribution in [0.4, 0.5) is 0 Å². The third-order valence-electron chi connectivity index (χ3n) is 3.76. The molecule has 0 spiro atoms. The summed E-state index contributed by atoms with van der Waals surface area (Å²) in [4.78, 5) is 25.4. The summed E-state index contributed by atoms with van der Waals surface area (Å²) >= 11 is 0. The van der Waals surface area contributed by atoms with Crippen LogP contribution in [0.15, 0.2) is 54.6 Å². The second-order valence-corrected chi connectivity index (χ2v) is 5.42. The number of hydrogen-bond acceptors (Lipinski definition) is 3. The largest absolute Gasteiger partial charge is 0.494 e. The molecule has 0 heterocycles. The van der Waals surface area contributed by atoms with Crippen molar-refractivity contribution in [1.29, 1.82) is 0 Å². The van der Waals surface area contributed by atoms with Crippen LogP contribution in [0.3, 0.4) is 0 Å². The van der Waals surface area contributed by atoms with Crippen LogP contribution in [0.5, 0.6) is 5.75 Å². The molecule has 2 aromatic rings. The summed E-state index contributed by atoms with van der Waals surface area (Å²) in [5.41, 5.74) is 1.30. The molecule has 0 radical (unpaired) electrons. The Bertz CT molecular complexity index is 682. The Balaban J connectivity index is 2.14. The fraction of sp³-hybridized carbons (Fsp3) is 0.263. The second-order valence-electron chi connectivity index (χ2n) is 5.42. The highest BCUT2D eigenvalue weighted by Gasteiger charge is 2.27. The molecule has 24 heavy (non-hydrogen) atoms. The first-order valence-corrected chi connectivity index (χ1v) is 7.79. The van der Waals surface area contributed by atoms with Crippen molar-refractivity contribution in [2.75, 3.05) is 13.7 Å². The van der Waals surface area contributed by atoms with Gasteiger partial charge in [0.2, 0.25) is 0 Å². The minimum atomic E-state index is -1.03. The number of carbonyl (C=O) groups excluding carboxylic acids is 1. The summed E-state index contributed by atoms with van der Waals surface area (Å²) in [5.74, 6) is -0.683. The molecule has 0 aliphatic heterocycles. The van der Waals surface area contributed by atoms with Crippen molar-refractivity contribution in [2.45, 2.75) is 19.4 Å². The first kappa shape index (κ1) is 17.5. The number of hydrogen-bond donors (Lipinski definition) is 1. The van der Waals surface area contributed by atoms with E-state index in [4.69, 9.17) is 4.74 Å². The number of carbonyl (C=O) groups is 2. The molecule has 1 amide bonds. The van der Waals surface area contributed by atoms with E-state index >= 15 is 0 Å². The van der Waals surface area contributed by atoms with Gasteiger partial charge in [0, 0.05) is 19.0 Å². The SMILES string of the molecule is CCOc1ccc(C(=O)N(C)C(Cc2ccccc2)C(=O)O)cc1. The molecule has 0 saturated heterocycles. The van der Waals surface area contributed by atoms with Crippen molar-refractivity contribution in [2.24, 2.45) is 0 Å². The van der Waals surface area contributed by atoms with Gasteiger partial charge in [-0.15, -0.1) is 0 Å². The molecule has 0 fully saturated rings. The number of ether oxygens (including phenoxy) is 1. The Labute approximate surface area is 141 Å². The average molecular weight is 327 g/mol. The lowest BCUT2D eigenvalue weighted by molar-refractivity contribution is -0.141. The third-order valence-corrected chi connectivity index (χ3v) is 3.76. The van der Waals surface area contributed by atoms with E-state index in [1.165, 1.54) is 11.9 Å². The van der Waals surface area contributed by atoms with Crippen LogP contribution in [0, 0.1) is 0 Å². The predicted molar refractivity (Wildman–Crippen MR) is 91.3 cm³/mol. The fourth-order valence-electron chi connectivity index (χ4n) is 2.43. The van der Waals surface area contributed by atoms with Gasteiger partial charge in [0.05, 0.1) is 6.61 Å². The van der Waals surface area contributed by atoms with Crippen LogP contribution in [0.2, 0.25) is 0 Å². The molecule has 0 aliphatic carbocycles. The van der Waals surface area contributed by atoms with Crippen molar-refractivity contribution >= 4 is 11.9 Å². The Morgan fingerprint density at radius 3 is 2.25 bits per heavy atom. The van der Waals surface area contributed by atoms with Gasteiger partial charge in [-0.2, -0.15) is 0 Å². The van der Waals surface area contributed by atoms with Crippen molar-refractivity contribution in [1.82, 2.24) is 4.90 Å². The minimum absolute atomic E-state index is 0.259. The fourth-order valence-corrected chi connectivity index (χ4v) is 2.43. The molecule has 0 bridgehead atoms. The zero-order chi connectivity index (χ0) is 17.5. The number of aliphatic carboxylic acids is 1. The number of benzene rings is 2. The molecule has 0 saturated carbocycles. The summed E-state index contributed by atoms with van der Waals surface area (Å²) < 4.78 is 5.35. The van der Waals surface area contributed by atoms with E-state index in [9.17, 15) is 14.7 Å². The maximum Gasteiger partial charge on any atom is 0.326 e. The number of amides is 1. The van der Waals surface area contributed by atoms with Crippen LogP contribution in [0.25, 0.3) is 0 Å². The van der Waals surface area contributed by atoms with E-state index < -0.39 is 12.0 Å². The lowest BCUT2D eigenvalue weighted by atomic mass is 10.0. The normalized spacial score (nSPS) is 11.6. The van der Waals surface area contributed by atoms with Crippen molar-refractivity contribution < 1.29 is 19.4 Å². The number of likely N-dealkylation sites (N-methyl/N-ethyl adjacent to an activating group) is 1. The number of carboxylic acid groups (broad SMARTS) is 1. The van der Waals surface area contributed by atoms with Crippen LogP contribution in [0.1, 0.15) is 22.8 Å². The molecule has 5 nitrogen and oxygen atoms in total. The average Bonchev–Trinajstić information content (AvgIpc) is 2.60. The molecule has 2 rings (SSSR count). The molecule has 2 aromatic carbocycles. The maximum atomic E-state index is 12.6. The van der Waals surface area contributed by atoms with Crippen molar-refractivity contribution in [3.05, 3.63) is 65.7 Å². The highest BCUT2D eigenvalue weighted by atomic mass is 16.5. The Morgan fingerprint density at radius 1 is 1.08 bits per heavy atom. The third kappa shape index (κ3) is 4.35. The molecular formula is C19H21NO4. The van der Waals surface area contributed by atoms with E-state index in [0.29, 0.717) is 17.9 Å². The van der Waals surface area contributed by atoms with Crippen LogP contribution < -0.4 is 4.74 Å². The first-order valence-electron chi connectivity index (χ1n) is 7.79. The summed E-state index contributed by atoms with van der Waals surface area (Å²) in [6.07, 6.45) is 0.259. The summed E-state index contributed by atoms with van der Waals surface area (Å²) in [7, 11) is 1.51. The van der Waals surface area contributed by atoms with Gasteiger partial charge in [-0.3, -0.25) is 4.79 Å². The zero-order valence-corrected chi connectivity index (χ0v) is 13.8. The Hall–Kier alpha value is -2.82. The van der Waals surface area contributed by atoms with E-state index in [-0.39, 0.29) is 12.3 Å². The zero-order valence-electron chi connectivity index (χ0n) is 13.8. The van der Waals surface area contributed by atoms with E-state index in [1.807, 2.05) is 37.3 Å². The van der Waals surface area contributed by atoms with Gasteiger partial charge in [0.25, 0.3) is 5.91 Å².